The summed E-state index contributed by atoms with van der Waals surface area (Å²) in [4.78, 5) is 0. The summed E-state index contributed by atoms with van der Waals surface area (Å²) in [6, 6.07) is 0. The molecule has 0 bridgehead atoms. The van der Waals surface area contributed by atoms with Gasteiger partial charge in [0.25, 0.3) is 0 Å². The lowest BCUT2D eigenvalue weighted by Crippen LogP contribution is -2.32. The van der Waals surface area contributed by atoms with Gasteiger partial charge in [-0.25, -0.2) is 0 Å². The predicted octanol–water partition coefficient (Wildman–Crippen LogP) is 1.13. The molecular weight excluding hydrogens is 114 g/mol. The molecule has 0 radical (unpaired) electrons. The Labute approximate surface area is 58.1 Å². The van der Waals surface area contributed by atoms with Gasteiger partial charge in [-0.1, -0.05) is 13.8 Å². The molecule has 0 heterocycles. The first-order valence-corrected chi connectivity index (χ1v) is 3.46. The topological polar surface area (TPSA) is 46.2 Å². The van der Waals surface area contributed by atoms with Crippen molar-refractivity contribution in [3.8, 4) is 0 Å². The molecule has 0 aliphatic heterocycles. The minimum Gasteiger partial charge on any atom is -0.396 e. The normalized spacial score (nSPS) is 10.0. The highest BCUT2D eigenvalue weighted by Gasteiger charge is 2.07. The van der Waals surface area contributed by atoms with Crippen molar-refractivity contribution >= 4 is 0 Å². The summed E-state index contributed by atoms with van der Waals surface area (Å²) in [5.74, 6) is 0. The maximum absolute atomic E-state index is 8.32. The summed E-state index contributed by atoms with van der Waals surface area (Å²) >= 11 is 0. The van der Waals surface area contributed by atoms with Crippen LogP contribution >= 0.6 is 0 Å². The van der Waals surface area contributed by atoms with Crippen LogP contribution < -0.4 is 5.73 Å². The molecule has 3 N–H and O–H groups in total. The van der Waals surface area contributed by atoms with Gasteiger partial charge < -0.3 is 10.8 Å². The lowest BCUT2D eigenvalue weighted by molar-refractivity contribution is 0.254. The molecule has 0 rings (SSSR count). The van der Waals surface area contributed by atoms with E-state index in [1.54, 1.807) is 0 Å². The maximum atomic E-state index is 8.32. The van der Waals surface area contributed by atoms with E-state index < -0.39 is 0 Å². The Morgan fingerprint density at radius 3 is 1.67 bits per heavy atom. The summed E-state index contributed by atoms with van der Waals surface area (Å²) in [5, 5.41) is 8.32. The number of aliphatic hydroxyl groups excluding tert-OH is 1. The van der Waals surface area contributed by atoms with Gasteiger partial charge in [0.2, 0.25) is 0 Å². The molecule has 0 aromatic carbocycles. The summed E-state index contributed by atoms with van der Waals surface area (Å²) in [6.07, 6.45) is 0.674. The molecule has 0 aromatic rings. The fraction of sp³-hybridized carbons (Fsp3) is 1.00. The van der Waals surface area contributed by atoms with Gasteiger partial charge in [0.1, 0.15) is 0 Å². The molecular formula is C7H19NO. The van der Waals surface area contributed by atoms with Crippen LogP contribution in [-0.2, 0) is 0 Å². The quantitative estimate of drug-likeness (QED) is 0.593. The van der Waals surface area contributed by atoms with E-state index in [0.717, 1.165) is 0 Å². The first-order chi connectivity index (χ1) is 4.06. The molecule has 0 aliphatic rings. The van der Waals surface area contributed by atoms with Crippen molar-refractivity contribution in [3.05, 3.63) is 0 Å². The van der Waals surface area contributed by atoms with Crippen LogP contribution in [0, 0.1) is 0 Å². The van der Waals surface area contributed by atoms with E-state index in [4.69, 9.17) is 10.8 Å². The summed E-state index contributed by atoms with van der Waals surface area (Å²) in [6.45, 7) is 7.97. The van der Waals surface area contributed by atoms with Gasteiger partial charge in [-0.15, -0.1) is 0 Å². The zero-order valence-electron chi connectivity index (χ0n) is 6.94. The summed E-state index contributed by atoms with van der Waals surface area (Å²) in [5.41, 5.74) is 5.29. The fourth-order valence-electron chi connectivity index (χ4n) is 0.288. The Morgan fingerprint density at radius 2 is 1.67 bits per heavy atom. The highest BCUT2D eigenvalue weighted by molar-refractivity contribution is 4.69. The third kappa shape index (κ3) is 18.1. The molecule has 0 spiro atoms. The Kier molecular flexibility index (Phi) is 7.85. The van der Waals surface area contributed by atoms with Gasteiger partial charge in [-0.3, -0.25) is 0 Å². The third-order valence-corrected chi connectivity index (χ3v) is 0.756. The number of hydrogen-bond donors (Lipinski definition) is 2. The minimum absolute atomic E-state index is 0.184. The van der Waals surface area contributed by atoms with Gasteiger partial charge in [0.15, 0.2) is 0 Å². The van der Waals surface area contributed by atoms with Crippen LogP contribution in [0.2, 0.25) is 0 Å². The van der Waals surface area contributed by atoms with E-state index in [1.165, 1.54) is 0 Å². The van der Waals surface area contributed by atoms with Crippen molar-refractivity contribution in [2.75, 3.05) is 6.61 Å². The number of rotatable bonds is 2. The van der Waals surface area contributed by atoms with Crippen LogP contribution in [0.1, 0.15) is 34.1 Å². The molecule has 2 nitrogen and oxygen atoms in total. The van der Waals surface area contributed by atoms with Crippen LogP contribution in [0.3, 0.4) is 0 Å². The van der Waals surface area contributed by atoms with Crippen molar-refractivity contribution in [2.24, 2.45) is 5.73 Å². The van der Waals surface area contributed by atoms with Gasteiger partial charge in [-0.05, 0) is 20.3 Å². The van der Waals surface area contributed by atoms with Crippen molar-refractivity contribution in [3.63, 3.8) is 0 Å². The van der Waals surface area contributed by atoms with Crippen molar-refractivity contribution in [1.29, 1.82) is 0 Å². The Hall–Kier alpha value is -0.0800. The second-order valence-electron chi connectivity index (χ2n) is 2.46. The van der Waals surface area contributed by atoms with Gasteiger partial charge in [0.05, 0.1) is 0 Å². The zero-order valence-corrected chi connectivity index (χ0v) is 6.94. The van der Waals surface area contributed by atoms with E-state index in [9.17, 15) is 0 Å². The first kappa shape index (κ1) is 11.7. The zero-order chi connectivity index (χ0) is 7.91. The Balaban J connectivity index is 0. The van der Waals surface area contributed by atoms with E-state index in [2.05, 4.69) is 0 Å². The monoisotopic (exact) mass is 133 g/mol. The van der Waals surface area contributed by atoms with Crippen LogP contribution in [0.25, 0.3) is 0 Å². The summed E-state index contributed by atoms with van der Waals surface area (Å²) in [7, 11) is 0. The van der Waals surface area contributed by atoms with Gasteiger partial charge >= 0.3 is 0 Å². The minimum atomic E-state index is -0.200. The maximum Gasteiger partial charge on any atom is 0.0448 e. The van der Waals surface area contributed by atoms with Crippen LogP contribution in [0.5, 0.6) is 0 Å². The second kappa shape index (κ2) is 6.05. The highest BCUT2D eigenvalue weighted by atomic mass is 16.3. The fourth-order valence-corrected chi connectivity index (χ4v) is 0.288. The standard InChI is InChI=1S/C5H13NO.C2H6/c1-5(2,6)3-4-7;1-2/h7H,3-4,6H2,1-2H3;1-2H3. The van der Waals surface area contributed by atoms with Crippen molar-refractivity contribution in [1.82, 2.24) is 0 Å². The molecule has 0 saturated carbocycles. The average molecular weight is 133 g/mol. The molecule has 9 heavy (non-hydrogen) atoms. The number of hydrogen-bond acceptors (Lipinski definition) is 2. The molecule has 0 unspecified atom stereocenters. The van der Waals surface area contributed by atoms with E-state index in [-0.39, 0.29) is 12.1 Å². The van der Waals surface area contributed by atoms with E-state index >= 15 is 0 Å². The smallest absolute Gasteiger partial charge is 0.0448 e. The molecule has 0 aliphatic carbocycles. The van der Waals surface area contributed by atoms with Gasteiger partial charge in [0, 0.05) is 12.1 Å². The molecule has 0 aromatic heterocycles. The predicted molar refractivity (Wildman–Crippen MR) is 41.3 cm³/mol. The Morgan fingerprint density at radius 1 is 1.33 bits per heavy atom. The van der Waals surface area contributed by atoms with Crippen LogP contribution in [0.4, 0.5) is 0 Å². The first-order valence-electron chi connectivity index (χ1n) is 3.46. The van der Waals surface area contributed by atoms with Crippen molar-refractivity contribution in [2.45, 2.75) is 39.7 Å². The van der Waals surface area contributed by atoms with E-state index in [1.807, 2.05) is 27.7 Å². The molecule has 0 fully saturated rings. The number of aliphatic hydroxyl groups is 1. The SMILES string of the molecule is CC.CC(C)(N)CCO. The molecule has 0 atom stereocenters. The molecule has 0 amide bonds. The highest BCUT2D eigenvalue weighted by Crippen LogP contribution is 1.99. The molecule has 2 heteroatoms. The lowest BCUT2D eigenvalue weighted by atomic mass is 10.0. The van der Waals surface area contributed by atoms with Crippen LogP contribution in [0.15, 0.2) is 0 Å². The van der Waals surface area contributed by atoms with Crippen molar-refractivity contribution < 1.29 is 5.11 Å². The Bertz CT molecular complexity index is 47.4. The largest absolute Gasteiger partial charge is 0.396 e. The summed E-state index contributed by atoms with van der Waals surface area (Å²) < 4.78 is 0. The third-order valence-electron chi connectivity index (χ3n) is 0.756. The average Bonchev–Trinajstić information content (AvgIpc) is 1.69. The van der Waals surface area contributed by atoms with Crippen LogP contribution in [-0.4, -0.2) is 17.3 Å². The lowest BCUT2D eigenvalue weighted by Gasteiger charge is -2.15. The van der Waals surface area contributed by atoms with Gasteiger partial charge in [-0.2, -0.15) is 0 Å². The van der Waals surface area contributed by atoms with E-state index in [0.29, 0.717) is 6.42 Å². The second-order valence-corrected chi connectivity index (χ2v) is 2.46. The molecule has 0 saturated heterocycles. The molecule has 58 valence electrons. The number of nitrogens with two attached hydrogens (primary N) is 1.